The summed E-state index contributed by atoms with van der Waals surface area (Å²) in [4.78, 5) is 12.2. The Balaban J connectivity index is 2.06. The summed E-state index contributed by atoms with van der Waals surface area (Å²) in [6.45, 7) is 3.99. The third-order valence-corrected chi connectivity index (χ3v) is 3.57. The van der Waals surface area contributed by atoms with E-state index in [9.17, 15) is 4.79 Å². The van der Waals surface area contributed by atoms with Crippen LogP contribution in [0, 0.1) is 0 Å². The Morgan fingerprint density at radius 3 is 2.33 bits per heavy atom. The molecule has 0 spiro atoms. The number of carbonyl (C=O) groups excluding carboxylic acids is 1. The molecule has 1 amide bonds. The zero-order chi connectivity index (χ0) is 19.6. The molecule has 27 heavy (non-hydrogen) atoms. The van der Waals surface area contributed by atoms with Gasteiger partial charge in [-0.1, -0.05) is 12.7 Å². The highest BCUT2D eigenvalue weighted by molar-refractivity contribution is 5.95. The van der Waals surface area contributed by atoms with Crippen LogP contribution in [0.3, 0.4) is 0 Å². The van der Waals surface area contributed by atoms with Crippen LogP contribution in [-0.4, -0.2) is 40.1 Å². The summed E-state index contributed by atoms with van der Waals surface area (Å²) < 4.78 is 21.1. The normalized spacial score (nSPS) is 10.3. The van der Waals surface area contributed by atoms with E-state index >= 15 is 0 Å². The Morgan fingerprint density at radius 1 is 1.00 bits per heavy atom. The Morgan fingerprint density at radius 2 is 1.67 bits per heavy atom. The molecule has 0 radical (unpaired) electrons. The molecule has 0 saturated heterocycles. The van der Waals surface area contributed by atoms with E-state index < -0.39 is 0 Å². The van der Waals surface area contributed by atoms with Crippen molar-refractivity contribution in [1.29, 1.82) is 0 Å². The van der Waals surface area contributed by atoms with Crippen LogP contribution in [0.5, 0.6) is 23.0 Å². The predicted molar refractivity (Wildman–Crippen MR) is 103 cm³/mol. The second-order valence-corrected chi connectivity index (χ2v) is 5.28. The van der Waals surface area contributed by atoms with E-state index in [0.29, 0.717) is 35.2 Å². The van der Waals surface area contributed by atoms with Crippen molar-refractivity contribution in [2.45, 2.75) is 0 Å². The quantitative estimate of drug-likeness (QED) is 0.417. The highest BCUT2D eigenvalue weighted by Crippen LogP contribution is 2.28. The zero-order valence-electron chi connectivity index (χ0n) is 15.5. The SMILES string of the molecule is C=CCOc1ccc(/C=N/NC(=O)c2ccc(OC)c(OC)c2)cc1OC. The van der Waals surface area contributed by atoms with Gasteiger partial charge in [0.1, 0.15) is 6.61 Å². The van der Waals surface area contributed by atoms with Gasteiger partial charge in [0.25, 0.3) is 5.91 Å². The van der Waals surface area contributed by atoms with E-state index in [0.717, 1.165) is 5.56 Å². The highest BCUT2D eigenvalue weighted by Gasteiger charge is 2.10. The summed E-state index contributed by atoms with van der Waals surface area (Å²) in [6, 6.07) is 10.2. The number of benzene rings is 2. The van der Waals surface area contributed by atoms with Crippen LogP contribution in [0.1, 0.15) is 15.9 Å². The number of nitrogens with one attached hydrogen (secondary N) is 1. The number of hydrazone groups is 1. The monoisotopic (exact) mass is 370 g/mol. The Hall–Kier alpha value is -3.48. The molecule has 1 N–H and O–H groups in total. The van der Waals surface area contributed by atoms with Crippen molar-refractivity contribution in [2.24, 2.45) is 5.10 Å². The number of amides is 1. The molecule has 0 saturated carbocycles. The summed E-state index contributed by atoms with van der Waals surface area (Å²) in [6.07, 6.45) is 3.16. The van der Waals surface area contributed by atoms with Gasteiger partial charge < -0.3 is 18.9 Å². The molecule has 2 aromatic carbocycles. The van der Waals surface area contributed by atoms with Crippen molar-refractivity contribution >= 4 is 12.1 Å². The minimum absolute atomic E-state index is 0.370. The minimum Gasteiger partial charge on any atom is -0.493 e. The first-order chi connectivity index (χ1) is 13.1. The van der Waals surface area contributed by atoms with Gasteiger partial charge in [-0.2, -0.15) is 5.10 Å². The van der Waals surface area contributed by atoms with Gasteiger partial charge >= 0.3 is 0 Å². The van der Waals surface area contributed by atoms with Crippen LogP contribution < -0.4 is 24.4 Å². The molecule has 0 aliphatic heterocycles. The fourth-order valence-electron chi connectivity index (χ4n) is 2.24. The van der Waals surface area contributed by atoms with Gasteiger partial charge in [-0.05, 0) is 42.0 Å². The molecule has 2 rings (SSSR count). The average Bonchev–Trinajstić information content (AvgIpc) is 2.71. The molecule has 0 unspecified atom stereocenters. The second kappa shape index (κ2) is 9.86. The Kier molecular flexibility index (Phi) is 7.25. The maximum Gasteiger partial charge on any atom is 0.271 e. The van der Waals surface area contributed by atoms with E-state index in [4.69, 9.17) is 18.9 Å². The van der Waals surface area contributed by atoms with Gasteiger partial charge in [-0.15, -0.1) is 0 Å². The summed E-state index contributed by atoms with van der Waals surface area (Å²) >= 11 is 0. The number of nitrogens with zero attached hydrogens (tertiary/aromatic N) is 1. The first-order valence-corrected chi connectivity index (χ1v) is 8.10. The van der Waals surface area contributed by atoms with Crippen LogP contribution >= 0.6 is 0 Å². The Bertz CT molecular complexity index is 833. The average molecular weight is 370 g/mol. The Labute approximate surface area is 158 Å². The first-order valence-electron chi connectivity index (χ1n) is 8.10. The summed E-state index contributed by atoms with van der Waals surface area (Å²) in [7, 11) is 4.59. The van der Waals surface area contributed by atoms with Crippen molar-refractivity contribution in [3.63, 3.8) is 0 Å². The van der Waals surface area contributed by atoms with Crippen molar-refractivity contribution in [3.05, 3.63) is 60.2 Å². The molecule has 0 atom stereocenters. The van der Waals surface area contributed by atoms with Crippen LogP contribution in [0.15, 0.2) is 54.2 Å². The third-order valence-electron chi connectivity index (χ3n) is 3.57. The molecule has 0 bridgehead atoms. The smallest absolute Gasteiger partial charge is 0.271 e. The molecule has 0 aromatic heterocycles. The first kappa shape index (κ1) is 19.8. The lowest BCUT2D eigenvalue weighted by atomic mass is 10.2. The predicted octanol–water partition coefficient (Wildman–Crippen LogP) is 3.04. The lowest BCUT2D eigenvalue weighted by Gasteiger charge is -2.09. The maximum absolute atomic E-state index is 12.2. The third kappa shape index (κ3) is 5.24. The number of rotatable bonds is 9. The molecule has 0 heterocycles. The standard InChI is InChI=1S/C20H22N2O5/c1-5-10-27-17-8-6-14(11-18(17)25-3)13-21-22-20(23)15-7-9-16(24-2)19(12-15)26-4/h5-9,11-13H,1,10H2,2-4H3,(H,22,23)/b21-13+. The van der Waals surface area contributed by atoms with Crippen molar-refractivity contribution < 1.29 is 23.7 Å². The van der Waals surface area contributed by atoms with Crippen LogP contribution in [0.2, 0.25) is 0 Å². The molecule has 7 heteroatoms. The molecule has 0 aliphatic carbocycles. The number of methoxy groups -OCH3 is 3. The van der Waals surface area contributed by atoms with Crippen LogP contribution in [-0.2, 0) is 0 Å². The van der Waals surface area contributed by atoms with Crippen molar-refractivity contribution in [2.75, 3.05) is 27.9 Å². The van der Waals surface area contributed by atoms with Gasteiger partial charge in [-0.3, -0.25) is 4.79 Å². The van der Waals surface area contributed by atoms with E-state index in [1.165, 1.54) is 20.4 Å². The van der Waals surface area contributed by atoms with E-state index in [1.807, 2.05) is 0 Å². The number of ether oxygens (including phenoxy) is 4. The molecule has 0 fully saturated rings. The number of hydrogen-bond donors (Lipinski definition) is 1. The largest absolute Gasteiger partial charge is 0.493 e. The van der Waals surface area contributed by atoms with Crippen molar-refractivity contribution in [1.82, 2.24) is 5.43 Å². The van der Waals surface area contributed by atoms with Crippen LogP contribution in [0.25, 0.3) is 0 Å². The van der Waals surface area contributed by atoms with Gasteiger partial charge in [0.05, 0.1) is 27.5 Å². The molecule has 7 nitrogen and oxygen atoms in total. The molecular formula is C20H22N2O5. The van der Waals surface area contributed by atoms with E-state index in [2.05, 4.69) is 17.1 Å². The van der Waals surface area contributed by atoms with Gasteiger partial charge in [0.2, 0.25) is 0 Å². The van der Waals surface area contributed by atoms with E-state index in [1.54, 1.807) is 49.6 Å². The summed E-state index contributed by atoms with van der Waals surface area (Å²) in [5.74, 6) is 1.80. The van der Waals surface area contributed by atoms with E-state index in [-0.39, 0.29) is 5.91 Å². The lowest BCUT2D eigenvalue weighted by molar-refractivity contribution is 0.0954. The fraction of sp³-hybridized carbons (Fsp3) is 0.200. The molecular weight excluding hydrogens is 348 g/mol. The van der Waals surface area contributed by atoms with Gasteiger partial charge in [0, 0.05) is 5.56 Å². The number of carbonyl (C=O) groups is 1. The van der Waals surface area contributed by atoms with Gasteiger partial charge in [-0.25, -0.2) is 5.43 Å². The maximum atomic E-state index is 12.2. The zero-order valence-corrected chi connectivity index (χ0v) is 15.5. The summed E-state index contributed by atoms with van der Waals surface area (Å²) in [5.41, 5.74) is 3.61. The lowest BCUT2D eigenvalue weighted by Crippen LogP contribution is -2.17. The molecule has 0 aliphatic rings. The van der Waals surface area contributed by atoms with Crippen LogP contribution in [0.4, 0.5) is 0 Å². The minimum atomic E-state index is -0.370. The van der Waals surface area contributed by atoms with Crippen molar-refractivity contribution in [3.8, 4) is 23.0 Å². The van der Waals surface area contributed by atoms with Gasteiger partial charge in [0.15, 0.2) is 23.0 Å². The number of hydrogen-bond acceptors (Lipinski definition) is 6. The molecule has 142 valence electrons. The molecule has 2 aromatic rings. The summed E-state index contributed by atoms with van der Waals surface area (Å²) in [5, 5.41) is 3.97. The second-order valence-electron chi connectivity index (χ2n) is 5.28. The fourth-order valence-corrected chi connectivity index (χ4v) is 2.24. The topological polar surface area (TPSA) is 78.4 Å². The highest BCUT2D eigenvalue weighted by atomic mass is 16.5.